The Hall–Kier alpha value is -3.39. The van der Waals surface area contributed by atoms with Gasteiger partial charge in [0, 0.05) is 12.5 Å². The molecule has 1 amide bonds. The molecule has 0 aliphatic carbocycles. The maximum Gasteiger partial charge on any atom is 0.250 e. The van der Waals surface area contributed by atoms with E-state index in [2.05, 4.69) is 15.5 Å². The van der Waals surface area contributed by atoms with Crippen LogP contribution in [0.25, 0.3) is 6.08 Å². The molecule has 0 saturated heterocycles. The maximum atomic E-state index is 12.3. The molecule has 148 valence electrons. The van der Waals surface area contributed by atoms with Crippen LogP contribution in [-0.4, -0.2) is 36.4 Å². The number of rotatable bonds is 6. The van der Waals surface area contributed by atoms with Gasteiger partial charge in [0.05, 0.1) is 7.11 Å². The Kier molecular flexibility index (Phi) is 5.71. The van der Waals surface area contributed by atoms with Gasteiger partial charge in [0.2, 0.25) is 16.8 Å². The van der Waals surface area contributed by atoms with Crippen LogP contribution < -0.4 is 19.5 Å². The first-order valence-electron chi connectivity index (χ1n) is 9.04. The molecule has 0 atom stereocenters. The smallest absolute Gasteiger partial charge is 0.250 e. The second kappa shape index (κ2) is 8.74. The molecule has 0 saturated carbocycles. The molecule has 1 aliphatic rings. The van der Waals surface area contributed by atoms with E-state index in [4.69, 9.17) is 14.2 Å². The van der Waals surface area contributed by atoms with Crippen LogP contribution in [0.4, 0.5) is 5.13 Å². The molecule has 0 unspecified atom stereocenters. The van der Waals surface area contributed by atoms with E-state index >= 15 is 0 Å². The molecule has 3 aromatic rings. The topological polar surface area (TPSA) is 82.6 Å². The summed E-state index contributed by atoms with van der Waals surface area (Å²) in [7, 11) is 1.57. The quantitative estimate of drug-likeness (QED) is 0.627. The van der Waals surface area contributed by atoms with Crippen molar-refractivity contribution in [2.45, 2.75) is 6.42 Å². The number of nitrogens with one attached hydrogen (secondary N) is 1. The Balaban J connectivity index is 1.40. The van der Waals surface area contributed by atoms with Crippen molar-refractivity contribution < 1.29 is 19.0 Å². The van der Waals surface area contributed by atoms with Crippen molar-refractivity contribution in [3.8, 4) is 17.2 Å². The number of amides is 1. The Morgan fingerprint density at radius 2 is 2.03 bits per heavy atom. The van der Waals surface area contributed by atoms with E-state index in [9.17, 15) is 4.79 Å². The summed E-state index contributed by atoms with van der Waals surface area (Å²) in [4.78, 5) is 12.3. The second-order valence-corrected chi connectivity index (χ2v) is 7.30. The predicted octanol–water partition coefficient (Wildman–Crippen LogP) is 3.56. The van der Waals surface area contributed by atoms with Gasteiger partial charge in [-0.1, -0.05) is 41.7 Å². The fraction of sp³-hybridized carbons (Fsp3) is 0.190. The number of aromatic nitrogens is 2. The van der Waals surface area contributed by atoms with Crippen LogP contribution in [0.2, 0.25) is 0 Å². The normalized spacial score (nSPS) is 12.7. The summed E-state index contributed by atoms with van der Waals surface area (Å²) in [5.41, 5.74) is 1.91. The Labute approximate surface area is 172 Å². The van der Waals surface area contributed by atoms with Crippen molar-refractivity contribution in [1.82, 2.24) is 10.2 Å². The predicted molar refractivity (Wildman–Crippen MR) is 111 cm³/mol. The number of hydrogen-bond donors (Lipinski definition) is 1. The maximum absolute atomic E-state index is 12.3. The number of anilines is 1. The number of fused-ring (bicyclic) bond motifs is 1. The molecule has 0 bridgehead atoms. The fourth-order valence-corrected chi connectivity index (χ4v) is 3.63. The molecule has 1 aliphatic heterocycles. The van der Waals surface area contributed by atoms with Crippen LogP contribution in [0.3, 0.4) is 0 Å². The third-order valence-electron chi connectivity index (χ3n) is 4.17. The number of benzene rings is 2. The monoisotopic (exact) mass is 409 g/mol. The first kappa shape index (κ1) is 18.9. The van der Waals surface area contributed by atoms with Crippen molar-refractivity contribution in [2.24, 2.45) is 0 Å². The molecule has 4 rings (SSSR count). The Morgan fingerprint density at radius 3 is 2.86 bits per heavy atom. The largest absolute Gasteiger partial charge is 0.493 e. The lowest BCUT2D eigenvalue weighted by Crippen LogP contribution is -2.16. The summed E-state index contributed by atoms with van der Waals surface area (Å²) in [6.07, 6.45) is 3.80. The zero-order chi connectivity index (χ0) is 20.1. The number of hydrogen-bond acceptors (Lipinski definition) is 7. The molecule has 0 radical (unpaired) electrons. The van der Waals surface area contributed by atoms with Crippen LogP contribution >= 0.6 is 11.3 Å². The van der Waals surface area contributed by atoms with E-state index in [-0.39, 0.29) is 5.91 Å². The van der Waals surface area contributed by atoms with Crippen LogP contribution in [0.15, 0.2) is 48.5 Å². The van der Waals surface area contributed by atoms with Gasteiger partial charge in [-0.3, -0.25) is 10.1 Å². The number of ether oxygens (including phenoxy) is 3. The molecule has 2 aromatic carbocycles. The second-order valence-electron chi connectivity index (χ2n) is 6.23. The highest BCUT2D eigenvalue weighted by atomic mass is 32.1. The van der Waals surface area contributed by atoms with Crippen molar-refractivity contribution >= 4 is 28.5 Å². The summed E-state index contributed by atoms with van der Waals surface area (Å²) in [5, 5.41) is 12.2. The Morgan fingerprint density at radius 1 is 1.21 bits per heavy atom. The first-order valence-corrected chi connectivity index (χ1v) is 9.86. The standard InChI is InChI=1S/C21H19N3O4S/c1-26-16-11-15(12-17-20(16)28-10-9-27-17)7-8-18(25)22-21-24-23-19(29-21)13-14-5-3-2-4-6-14/h2-8,11-12H,9-10,13H2,1H3,(H,22,24,25)/b8-7+. The van der Waals surface area contributed by atoms with Gasteiger partial charge in [-0.2, -0.15) is 0 Å². The minimum atomic E-state index is -0.290. The molecule has 1 N–H and O–H groups in total. The molecule has 1 aromatic heterocycles. The van der Waals surface area contributed by atoms with Gasteiger partial charge >= 0.3 is 0 Å². The summed E-state index contributed by atoms with van der Waals surface area (Å²) in [6, 6.07) is 13.6. The molecule has 7 nitrogen and oxygen atoms in total. The average Bonchev–Trinajstić information content (AvgIpc) is 3.18. The Bertz CT molecular complexity index is 1020. The number of carbonyl (C=O) groups excluding carboxylic acids is 1. The van der Waals surface area contributed by atoms with Gasteiger partial charge in [-0.15, -0.1) is 10.2 Å². The van der Waals surface area contributed by atoms with Gasteiger partial charge < -0.3 is 14.2 Å². The van der Waals surface area contributed by atoms with Crippen molar-refractivity contribution in [2.75, 3.05) is 25.6 Å². The third-order valence-corrected chi connectivity index (χ3v) is 5.01. The number of methoxy groups -OCH3 is 1. The van der Waals surface area contributed by atoms with Gasteiger partial charge in [0.15, 0.2) is 11.5 Å². The summed E-state index contributed by atoms with van der Waals surface area (Å²) >= 11 is 1.36. The highest BCUT2D eigenvalue weighted by molar-refractivity contribution is 7.15. The van der Waals surface area contributed by atoms with Gasteiger partial charge in [0.25, 0.3) is 0 Å². The SMILES string of the molecule is COc1cc(/C=C/C(=O)Nc2nnc(Cc3ccccc3)s2)cc2c1OCCO2. The van der Waals surface area contributed by atoms with E-state index in [0.717, 1.165) is 16.1 Å². The molecule has 8 heteroatoms. The van der Waals surface area contributed by atoms with E-state index in [0.29, 0.717) is 42.0 Å². The summed E-state index contributed by atoms with van der Waals surface area (Å²) in [6.45, 7) is 0.960. The van der Waals surface area contributed by atoms with Crippen LogP contribution in [0, 0.1) is 0 Å². The van der Waals surface area contributed by atoms with Crippen molar-refractivity contribution in [1.29, 1.82) is 0 Å². The zero-order valence-electron chi connectivity index (χ0n) is 15.8. The average molecular weight is 409 g/mol. The third kappa shape index (κ3) is 4.72. The lowest BCUT2D eigenvalue weighted by atomic mass is 10.1. The molecule has 29 heavy (non-hydrogen) atoms. The molecular formula is C21H19N3O4S. The summed E-state index contributed by atoms with van der Waals surface area (Å²) in [5.74, 6) is 1.46. The number of nitrogens with zero attached hydrogens (tertiary/aromatic N) is 2. The zero-order valence-corrected chi connectivity index (χ0v) is 16.6. The molecule has 2 heterocycles. The minimum Gasteiger partial charge on any atom is -0.493 e. The number of carbonyl (C=O) groups is 1. The summed E-state index contributed by atoms with van der Waals surface area (Å²) < 4.78 is 16.5. The van der Waals surface area contributed by atoms with Crippen LogP contribution in [0.1, 0.15) is 16.1 Å². The highest BCUT2D eigenvalue weighted by Gasteiger charge is 2.17. The fourth-order valence-electron chi connectivity index (χ4n) is 2.85. The lowest BCUT2D eigenvalue weighted by Gasteiger charge is -2.20. The van der Waals surface area contributed by atoms with Crippen LogP contribution in [0.5, 0.6) is 17.2 Å². The molecule has 0 fully saturated rings. The molecule has 0 spiro atoms. The van der Waals surface area contributed by atoms with E-state index in [1.807, 2.05) is 36.4 Å². The van der Waals surface area contributed by atoms with Gasteiger partial charge in [-0.25, -0.2) is 0 Å². The van der Waals surface area contributed by atoms with Crippen molar-refractivity contribution in [3.63, 3.8) is 0 Å². The van der Waals surface area contributed by atoms with E-state index in [1.54, 1.807) is 19.3 Å². The lowest BCUT2D eigenvalue weighted by molar-refractivity contribution is -0.111. The van der Waals surface area contributed by atoms with Crippen molar-refractivity contribution in [3.05, 3.63) is 64.7 Å². The highest BCUT2D eigenvalue weighted by Crippen LogP contribution is 2.40. The first-order chi connectivity index (χ1) is 14.2. The van der Waals surface area contributed by atoms with Gasteiger partial charge in [0.1, 0.15) is 18.2 Å². The van der Waals surface area contributed by atoms with E-state index in [1.165, 1.54) is 17.4 Å². The van der Waals surface area contributed by atoms with Crippen LogP contribution in [-0.2, 0) is 11.2 Å². The van der Waals surface area contributed by atoms with Gasteiger partial charge in [-0.05, 0) is 29.3 Å². The minimum absolute atomic E-state index is 0.290. The van der Waals surface area contributed by atoms with E-state index < -0.39 is 0 Å². The molecular weight excluding hydrogens is 390 g/mol.